The molecule has 20 heavy (non-hydrogen) atoms. The molecule has 0 radical (unpaired) electrons. The number of anilines is 1. The quantitative estimate of drug-likeness (QED) is 0.522. The molecule has 3 nitrogen and oxygen atoms in total. The summed E-state index contributed by atoms with van der Waals surface area (Å²) in [5.41, 5.74) is 0.721. The van der Waals surface area contributed by atoms with Crippen LogP contribution in [0, 0.1) is 0 Å². The molecule has 1 aromatic carbocycles. The fourth-order valence-electron chi connectivity index (χ4n) is 2.06. The number of halogens is 1. The van der Waals surface area contributed by atoms with Gasteiger partial charge in [-0.25, -0.2) is 8.42 Å². The van der Waals surface area contributed by atoms with Gasteiger partial charge in [0.1, 0.15) is 0 Å². The second kappa shape index (κ2) is 9.24. The zero-order chi connectivity index (χ0) is 14.8. The van der Waals surface area contributed by atoms with Crippen LogP contribution in [0.3, 0.4) is 0 Å². The molecule has 0 aliphatic carbocycles. The Bertz CT molecular complexity index is 488. The van der Waals surface area contributed by atoms with Crippen LogP contribution in [0.4, 0.5) is 5.69 Å². The Balaban J connectivity index is 2.58. The molecule has 0 saturated heterocycles. The maximum Gasteiger partial charge on any atom is 0.180 e. The van der Waals surface area contributed by atoms with Gasteiger partial charge in [-0.1, -0.05) is 31.9 Å². The van der Waals surface area contributed by atoms with Crippen LogP contribution in [0.1, 0.15) is 39.0 Å². The summed E-state index contributed by atoms with van der Waals surface area (Å²) < 4.78 is 24.3. The second-order valence-electron chi connectivity index (χ2n) is 4.85. The van der Waals surface area contributed by atoms with E-state index in [1.807, 2.05) is 19.1 Å². The lowest BCUT2D eigenvalue weighted by Crippen LogP contribution is -2.11. The summed E-state index contributed by atoms with van der Waals surface area (Å²) in [6.07, 6.45) is 4.95. The monoisotopic (exact) mass is 317 g/mol. The highest BCUT2D eigenvalue weighted by Crippen LogP contribution is 2.22. The van der Waals surface area contributed by atoms with Crippen molar-refractivity contribution < 1.29 is 8.42 Å². The van der Waals surface area contributed by atoms with Crippen molar-refractivity contribution in [3.05, 3.63) is 24.3 Å². The third-order valence-corrected chi connectivity index (χ3v) is 5.31. The Morgan fingerprint density at radius 3 is 2.50 bits per heavy atom. The van der Waals surface area contributed by atoms with Gasteiger partial charge in [-0.2, -0.15) is 0 Å². The van der Waals surface area contributed by atoms with Gasteiger partial charge in [0.25, 0.3) is 0 Å². The van der Waals surface area contributed by atoms with Gasteiger partial charge in [0.15, 0.2) is 9.84 Å². The van der Waals surface area contributed by atoms with Crippen molar-refractivity contribution in [1.82, 2.24) is 0 Å². The minimum absolute atomic E-state index is 0.196. The Morgan fingerprint density at radius 1 is 1.10 bits per heavy atom. The summed E-state index contributed by atoms with van der Waals surface area (Å²) in [5.74, 6) is 0.910. The fourth-order valence-corrected chi connectivity index (χ4v) is 3.77. The molecule has 0 saturated carbocycles. The molecule has 0 aliphatic rings. The van der Waals surface area contributed by atoms with Crippen molar-refractivity contribution in [3.63, 3.8) is 0 Å². The minimum Gasteiger partial charge on any atom is -0.384 e. The van der Waals surface area contributed by atoms with Crippen molar-refractivity contribution in [2.45, 2.75) is 43.9 Å². The summed E-state index contributed by atoms with van der Waals surface area (Å²) in [5, 5.41) is 3.24. The highest BCUT2D eigenvalue weighted by Gasteiger charge is 2.16. The van der Waals surface area contributed by atoms with Crippen LogP contribution in [-0.2, 0) is 9.84 Å². The van der Waals surface area contributed by atoms with Gasteiger partial charge < -0.3 is 5.32 Å². The van der Waals surface area contributed by atoms with E-state index in [4.69, 9.17) is 11.6 Å². The molecule has 1 N–H and O–H groups in total. The molecule has 0 spiro atoms. The summed E-state index contributed by atoms with van der Waals surface area (Å²) >= 11 is 5.63. The van der Waals surface area contributed by atoms with Gasteiger partial charge in [-0.05, 0) is 31.4 Å². The Morgan fingerprint density at radius 2 is 1.80 bits per heavy atom. The van der Waals surface area contributed by atoms with Gasteiger partial charge in [0.05, 0.1) is 16.3 Å². The molecule has 0 amide bonds. The maximum atomic E-state index is 12.2. The summed E-state index contributed by atoms with van der Waals surface area (Å²) in [6, 6.07) is 7.15. The molecule has 0 heterocycles. The zero-order valence-corrected chi connectivity index (χ0v) is 13.6. The normalized spacial score (nSPS) is 11.5. The lowest BCUT2D eigenvalue weighted by molar-refractivity contribution is 0.595. The lowest BCUT2D eigenvalue weighted by Gasteiger charge is -2.12. The molecule has 0 aliphatic heterocycles. The predicted molar refractivity (Wildman–Crippen MR) is 86.5 cm³/mol. The molecule has 0 aromatic heterocycles. The number of nitrogens with one attached hydrogen (secondary N) is 1. The molecule has 0 bridgehead atoms. The van der Waals surface area contributed by atoms with Crippen LogP contribution >= 0.6 is 11.6 Å². The molecule has 1 rings (SSSR count). The average molecular weight is 318 g/mol. The van der Waals surface area contributed by atoms with Crippen molar-refractivity contribution in [3.8, 4) is 0 Å². The van der Waals surface area contributed by atoms with Crippen LogP contribution in [0.15, 0.2) is 29.2 Å². The zero-order valence-electron chi connectivity index (χ0n) is 12.1. The third kappa shape index (κ3) is 5.71. The molecule has 5 heteroatoms. The lowest BCUT2D eigenvalue weighted by atomic mass is 10.2. The molecule has 114 valence electrons. The van der Waals surface area contributed by atoms with Gasteiger partial charge in [0, 0.05) is 12.4 Å². The highest BCUT2D eigenvalue weighted by molar-refractivity contribution is 7.91. The first-order valence-corrected chi connectivity index (χ1v) is 9.42. The SMILES string of the molecule is CCCS(=O)(=O)c1ccccc1NCCCCCCCl. The smallest absolute Gasteiger partial charge is 0.180 e. The van der Waals surface area contributed by atoms with E-state index >= 15 is 0 Å². The first-order valence-electron chi connectivity index (χ1n) is 7.23. The van der Waals surface area contributed by atoms with Crippen molar-refractivity contribution in [2.75, 3.05) is 23.5 Å². The number of hydrogen-bond acceptors (Lipinski definition) is 3. The van der Waals surface area contributed by atoms with E-state index < -0.39 is 9.84 Å². The van der Waals surface area contributed by atoms with Crippen LogP contribution in [0.25, 0.3) is 0 Å². The van der Waals surface area contributed by atoms with Gasteiger partial charge in [-0.3, -0.25) is 0 Å². The largest absolute Gasteiger partial charge is 0.384 e. The Hall–Kier alpha value is -0.740. The molecular formula is C15H24ClNO2S. The van der Waals surface area contributed by atoms with Crippen LogP contribution in [-0.4, -0.2) is 26.6 Å². The number of rotatable bonds is 10. The van der Waals surface area contributed by atoms with Crippen molar-refractivity contribution >= 4 is 27.1 Å². The van der Waals surface area contributed by atoms with E-state index in [0.29, 0.717) is 17.2 Å². The number of sulfone groups is 1. The highest BCUT2D eigenvalue weighted by atomic mass is 35.5. The van der Waals surface area contributed by atoms with Crippen LogP contribution in [0.5, 0.6) is 0 Å². The van der Waals surface area contributed by atoms with E-state index in [2.05, 4.69) is 5.32 Å². The number of unbranched alkanes of at least 4 members (excludes halogenated alkanes) is 3. The third-order valence-electron chi connectivity index (χ3n) is 3.07. The number of hydrogen-bond donors (Lipinski definition) is 1. The van der Waals surface area contributed by atoms with Crippen LogP contribution < -0.4 is 5.32 Å². The summed E-state index contributed by atoms with van der Waals surface area (Å²) in [4.78, 5) is 0.419. The van der Waals surface area contributed by atoms with Crippen molar-refractivity contribution in [1.29, 1.82) is 0 Å². The fraction of sp³-hybridized carbons (Fsp3) is 0.600. The van der Waals surface area contributed by atoms with Gasteiger partial charge >= 0.3 is 0 Å². The van der Waals surface area contributed by atoms with E-state index in [1.54, 1.807) is 12.1 Å². The summed E-state index contributed by atoms with van der Waals surface area (Å²) in [7, 11) is -3.17. The van der Waals surface area contributed by atoms with Gasteiger partial charge in [0.2, 0.25) is 0 Å². The molecule has 0 fully saturated rings. The predicted octanol–water partition coefficient (Wildman–Crippen LogP) is 4.08. The molecule has 0 atom stereocenters. The Labute approximate surface area is 127 Å². The standard InChI is InChI=1S/C15H24ClNO2S/c1-2-13-20(18,19)15-10-6-5-9-14(15)17-12-8-4-3-7-11-16/h5-6,9-10,17H,2-4,7-8,11-13H2,1H3. The number of benzene rings is 1. The van der Waals surface area contributed by atoms with Crippen molar-refractivity contribution in [2.24, 2.45) is 0 Å². The topological polar surface area (TPSA) is 46.2 Å². The molecule has 0 unspecified atom stereocenters. The molecular weight excluding hydrogens is 294 g/mol. The van der Waals surface area contributed by atoms with Crippen LogP contribution in [0.2, 0.25) is 0 Å². The number of alkyl halides is 1. The first-order chi connectivity index (χ1) is 9.61. The van der Waals surface area contributed by atoms with E-state index in [-0.39, 0.29) is 5.75 Å². The second-order valence-corrected chi connectivity index (χ2v) is 7.30. The van der Waals surface area contributed by atoms with E-state index in [0.717, 1.165) is 37.9 Å². The number of para-hydroxylation sites is 1. The average Bonchev–Trinajstić information content (AvgIpc) is 2.43. The first kappa shape index (κ1) is 17.3. The summed E-state index contributed by atoms with van der Waals surface area (Å²) in [6.45, 7) is 2.67. The van der Waals surface area contributed by atoms with Gasteiger partial charge in [-0.15, -0.1) is 11.6 Å². The Kier molecular flexibility index (Phi) is 8.00. The van der Waals surface area contributed by atoms with E-state index in [9.17, 15) is 8.42 Å². The molecule has 1 aromatic rings. The minimum atomic E-state index is -3.17. The maximum absolute atomic E-state index is 12.2. The van der Waals surface area contributed by atoms with E-state index in [1.165, 1.54) is 0 Å².